The van der Waals surface area contributed by atoms with E-state index in [-0.39, 0.29) is 0 Å². The van der Waals surface area contributed by atoms with Gasteiger partial charge in [0.25, 0.3) is 0 Å². The number of unbranched alkanes of at least 4 members (excludes halogenated alkanes) is 3. The molecule has 23 heavy (non-hydrogen) atoms. The summed E-state index contributed by atoms with van der Waals surface area (Å²) in [6, 6.07) is 16.5. The van der Waals surface area contributed by atoms with Crippen molar-refractivity contribution < 1.29 is 0 Å². The molecule has 0 atom stereocenters. The van der Waals surface area contributed by atoms with E-state index in [1.807, 2.05) is 12.1 Å². The molecule has 2 aromatic carbocycles. The van der Waals surface area contributed by atoms with Crippen molar-refractivity contribution in [3.63, 3.8) is 0 Å². The van der Waals surface area contributed by atoms with Gasteiger partial charge in [0.05, 0.1) is 11.0 Å². The Kier molecular flexibility index (Phi) is 5.35. The van der Waals surface area contributed by atoms with Crippen LogP contribution in [0.15, 0.2) is 48.5 Å². The highest BCUT2D eigenvalue weighted by Gasteiger charge is 2.10. The first-order valence-corrected chi connectivity index (χ1v) is 8.84. The Morgan fingerprint density at radius 2 is 1.74 bits per heavy atom. The van der Waals surface area contributed by atoms with Crippen molar-refractivity contribution >= 4 is 22.6 Å². The number of para-hydroxylation sites is 2. The maximum atomic E-state index is 5.99. The lowest BCUT2D eigenvalue weighted by Gasteiger charge is -2.09. The van der Waals surface area contributed by atoms with Gasteiger partial charge in [0.2, 0.25) is 0 Å². The first kappa shape index (κ1) is 16.1. The van der Waals surface area contributed by atoms with Gasteiger partial charge < -0.3 is 4.57 Å². The van der Waals surface area contributed by atoms with Gasteiger partial charge in [-0.05, 0) is 36.2 Å². The van der Waals surface area contributed by atoms with Crippen LogP contribution in [0.4, 0.5) is 0 Å². The van der Waals surface area contributed by atoms with Gasteiger partial charge in [0, 0.05) is 18.0 Å². The van der Waals surface area contributed by atoms with Crippen molar-refractivity contribution in [2.45, 2.75) is 45.6 Å². The summed E-state index contributed by atoms with van der Waals surface area (Å²) >= 11 is 5.99. The van der Waals surface area contributed by atoms with E-state index < -0.39 is 0 Å². The summed E-state index contributed by atoms with van der Waals surface area (Å²) < 4.78 is 2.39. The fourth-order valence-electron chi connectivity index (χ4n) is 2.99. The molecule has 0 saturated heterocycles. The maximum Gasteiger partial charge on any atom is 0.114 e. The van der Waals surface area contributed by atoms with Crippen LogP contribution in [-0.4, -0.2) is 9.55 Å². The number of hydrogen-bond donors (Lipinski definition) is 0. The molecule has 1 heterocycles. The van der Waals surface area contributed by atoms with Crippen LogP contribution >= 0.6 is 11.6 Å². The van der Waals surface area contributed by atoms with Crippen molar-refractivity contribution in [1.29, 1.82) is 0 Å². The Labute approximate surface area is 143 Å². The number of aromatic nitrogens is 2. The van der Waals surface area contributed by atoms with E-state index in [1.54, 1.807) is 0 Å². The van der Waals surface area contributed by atoms with Crippen LogP contribution in [0.3, 0.4) is 0 Å². The third kappa shape index (κ3) is 3.94. The number of halogens is 1. The van der Waals surface area contributed by atoms with Crippen LogP contribution in [-0.2, 0) is 13.0 Å². The molecule has 0 aliphatic heterocycles. The van der Waals surface area contributed by atoms with Gasteiger partial charge in [-0.15, -0.1) is 0 Å². The van der Waals surface area contributed by atoms with E-state index in [0.29, 0.717) is 0 Å². The lowest BCUT2D eigenvalue weighted by atomic mass is 10.1. The van der Waals surface area contributed by atoms with Crippen LogP contribution in [0.1, 0.15) is 44.0 Å². The zero-order chi connectivity index (χ0) is 16.1. The minimum atomic E-state index is 0.779. The smallest absolute Gasteiger partial charge is 0.114 e. The minimum Gasteiger partial charge on any atom is -0.328 e. The first-order valence-electron chi connectivity index (χ1n) is 8.46. The van der Waals surface area contributed by atoms with Crippen molar-refractivity contribution in [1.82, 2.24) is 9.55 Å². The Bertz CT molecular complexity index is 759. The lowest BCUT2D eigenvalue weighted by Crippen LogP contribution is -2.05. The number of nitrogens with zero attached hydrogens (tertiary/aromatic N) is 2. The fourth-order valence-corrected chi connectivity index (χ4v) is 3.12. The monoisotopic (exact) mass is 326 g/mol. The van der Waals surface area contributed by atoms with Gasteiger partial charge in [0.15, 0.2) is 0 Å². The van der Waals surface area contributed by atoms with Gasteiger partial charge in [-0.3, -0.25) is 0 Å². The molecule has 2 nitrogen and oxygen atoms in total. The number of imidazole rings is 1. The molecule has 0 saturated carbocycles. The van der Waals surface area contributed by atoms with E-state index in [2.05, 4.69) is 47.9 Å². The van der Waals surface area contributed by atoms with E-state index in [0.717, 1.165) is 29.3 Å². The second-order valence-corrected chi connectivity index (χ2v) is 6.47. The molecule has 0 radical (unpaired) electrons. The summed E-state index contributed by atoms with van der Waals surface area (Å²) in [7, 11) is 0. The molecule has 120 valence electrons. The fraction of sp³-hybridized carbons (Fsp3) is 0.350. The van der Waals surface area contributed by atoms with Crippen molar-refractivity contribution in [2.75, 3.05) is 0 Å². The number of hydrogen-bond acceptors (Lipinski definition) is 1. The minimum absolute atomic E-state index is 0.779. The Hall–Kier alpha value is -1.80. The van der Waals surface area contributed by atoms with E-state index in [9.17, 15) is 0 Å². The summed E-state index contributed by atoms with van der Waals surface area (Å²) in [5.74, 6) is 1.14. The summed E-state index contributed by atoms with van der Waals surface area (Å²) in [5, 5.41) is 0.779. The Balaban J connectivity index is 1.86. The molecule has 3 aromatic rings. The molecule has 0 spiro atoms. The van der Waals surface area contributed by atoms with Crippen molar-refractivity contribution in [3.8, 4) is 0 Å². The molecule has 1 aromatic heterocycles. The molecule has 0 aliphatic rings. The summed E-state index contributed by atoms with van der Waals surface area (Å²) in [4.78, 5) is 4.86. The lowest BCUT2D eigenvalue weighted by molar-refractivity contribution is 0.578. The quantitative estimate of drug-likeness (QED) is 0.497. The highest BCUT2D eigenvalue weighted by Crippen LogP contribution is 2.20. The topological polar surface area (TPSA) is 17.8 Å². The predicted octanol–water partition coefficient (Wildman–Crippen LogP) is 5.86. The number of benzene rings is 2. The number of fused-ring (bicyclic) bond motifs is 1. The van der Waals surface area contributed by atoms with Crippen LogP contribution in [0.2, 0.25) is 5.02 Å². The second kappa shape index (κ2) is 7.65. The summed E-state index contributed by atoms with van der Waals surface area (Å²) in [6.07, 6.45) is 5.91. The molecule has 0 unspecified atom stereocenters. The van der Waals surface area contributed by atoms with Crippen LogP contribution in [0, 0.1) is 0 Å². The van der Waals surface area contributed by atoms with Gasteiger partial charge in [0.1, 0.15) is 5.82 Å². The van der Waals surface area contributed by atoms with Crippen LogP contribution in [0.5, 0.6) is 0 Å². The number of aryl methyl sites for hydroxylation is 1. The average molecular weight is 327 g/mol. The molecule has 0 fully saturated rings. The molecule has 0 bridgehead atoms. The molecular formula is C20H23ClN2. The molecule has 0 aliphatic carbocycles. The standard InChI is InChI=1S/C20H23ClN2/c1-2-3-4-7-14-23-19-9-6-5-8-18(19)22-20(23)15-16-10-12-17(21)13-11-16/h5-6,8-13H,2-4,7,14-15H2,1H3. The van der Waals surface area contributed by atoms with Crippen LogP contribution in [0.25, 0.3) is 11.0 Å². The first-order chi connectivity index (χ1) is 11.3. The third-order valence-electron chi connectivity index (χ3n) is 4.24. The Morgan fingerprint density at radius 3 is 2.52 bits per heavy atom. The zero-order valence-corrected chi connectivity index (χ0v) is 14.4. The van der Waals surface area contributed by atoms with Crippen molar-refractivity contribution in [3.05, 3.63) is 64.9 Å². The molecule has 3 rings (SSSR count). The molecule has 0 amide bonds. The number of rotatable bonds is 7. The third-order valence-corrected chi connectivity index (χ3v) is 4.50. The maximum absolute atomic E-state index is 5.99. The average Bonchev–Trinajstić information content (AvgIpc) is 2.91. The molecule has 3 heteroatoms. The van der Waals surface area contributed by atoms with Gasteiger partial charge in [-0.25, -0.2) is 4.98 Å². The van der Waals surface area contributed by atoms with E-state index in [4.69, 9.17) is 16.6 Å². The van der Waals surface area contributed by atoms with Crippen LogP contribution < -0.4 is 0 Å². The van der Waals surface area contributed by atoms with Gasteiger partial charge in [-0.2, -0.15) is 0 Å². The highest BCUT2D eigenvalue weighted by atomic mass is 35.5. The normalized spacial score (nSPS) is 11.2. The second-order valence-electron chi connectivity index (χ2n) is 6.03. The zero-order valence-electron chi connectivity index (χ0n) is 13.6. The SMILES string of the molecule is CCCCCCn1c(Cc2ccc(Cl)cc2)nc2ccccc21. The van der Waals surface area contributed by atoms with Gasteiger partial charge in [-0.1, -0.05) is 62.1 Å². The Morgan fingerprint density at radius 1 is 0.957 bits per heavy atom. The van der Waals surface area contributed by atoms with E-state index >= 15 is 0 Å². The summed E-state index contributed by atoms with van der Waals surface area (Å²) in [6.45, 7) is 3.29. The predicted molar refractivity (Wildman–Crippen MR) is 98.1 cm³/mol. The largest absolute Gasteiger partial charge is 0.328 e. The molecule has 0 N–H and O–H groups in total. The summed E-state index contributed by atoms with van der Waals surface area (Å²) in [5.41, 5.74) is 3.58. The van der Waals surface area contributed by atoms with E-state index in [1.165, 1.54) is 36.8 Å². The highest BCUT2D eigenvalue weighted by molar-refractivity contribution is 6.30. The van der Waals surface area contributed by atoms with Gasteiger partial charge >= 0.3 is 0 Å². The van der Waals surface area contributed by atoms with Crippen molar-refractivity contribution in [2.24, 2.45) is 0 Å². The molecular weight excluding hydrogens is 304 g/mol.